The molecule has 0 saturated carbocycles. The molecule has 1 aliphatic carbocycles. The molecule has 1 amide bonds. The van der Waals surface area contributed by atoms with Crippen LogP contribution in [0.15, 0.2) is 15.1 Å². The molecule has 4 rings (SSSR count). The maximum atomic E-state index is 13.0. The van der Waals surface area contributed by atoms with Crippen LogP contribution in [0.3, 0.4) is 0 Å². The van der Waals surface area contributed by atoms with Gasteiger partial charge in [0.05, 0.1) is 11.7 Å². The third kappa shape index (κ3) is 2.54. The van der Waals surface area contributed by atoms with Crippen molar-refractivity contribution in [3.8, 4) is 0 Å². The van der Waals surface area contributed by atoms with E-state index in [-0.39, 0.29) is 17.9 Å². The monoisotopic (exact) mass is 329 g/mol. The molecule has 128 valence electrons. The Hall–Kier alpha value is -2.11. The Balaban J connectivity index is 1.60. The average Bonchev–Trinajstić information content (AvgIpc) is 3.31. The summed E-state index contributed by atoms with van der Waals surface area (Å²) >= 11 is 0. The molecule has 6 heteroatoms. The van der Waals surface area contributed by atoms with Gasteiger partial charge in [-0.2, -0.15) is 0 Å². The summed E-state index contributed by atoms with van der Waals surface area (Å²) in [4.78, 5) is 14.9. The smallest absolute Gasteiger partial charge is 0.293 e. The number of carbonyl (C=O) groups excluding carboxylic acids is 1. The highest BCUT2D eigenvalue weighted by molar-refractivity contribution is 5.93. The van der Waals surface area contributed by atoms with Gasteiger partial charge in [0.2, 0.25) is 5.76 Å². The molecule has 1 fully saturated rings. The zero-order chi connectivity index (χ0) is 16.7. The summed E-state index contributed by atoms with van der Waals surface area (Å²) in [5.74, 6) is 1.53. The first-order valence-electron chi connectivity index (χ1n) is 8.90. The van der Waals surface area contributed by atoms with Gasteiger partial charge in [-0.15, -0.1) is 0 Å². The van der Waals surface area contributed by atoms with E-state index >= 15 is 0 Å². The van der Waals surface area contributed by atoms with Crippen LogP contribution < -0.4 is 0 Å². The van der Waals surface area contributed by atoms with Gasteiger partial charge in [-0.05, 0) is 38.5 Å². The van der Waals surface area contributed by atoms with Crippen LogP contribution in [0.2, 0.25) is 0 Å². The van der Waals surface area contributed by atoms with Crippen LogP contribution in [0.25, 0.3) is 0 Å². The normalized spacial score (nSPS) is 20.6. The van der Waals surface area contributed by atoms with Gasteiger partial charge < -0.3 is 13.9 Å². The summed E-state index contributed by atoms with van der Waals surface area (Å²) in [6.07, 6.45) is 5.90. The maximum absolute atomic E-state index is 13.0. The van der Waals surface area contributed by atoms with E-state index in [1.807, 2.05) is 11.0 Å². The highest BCUT2D eigenvalue weighted by atomic mass is 16.5. The molecule has 6 nitrogen and oxygen atoms in total. The van der Waals surface area contributed by atoms with Crippen molar-refractivity contribution in [1.29, 1.82) is 0 Å². The van der Waals surface area contributed by atoms with Crippen molar-refractivity contribution in [2.24, 2.45) is 0 Å². The molecular formula is C18H23N3O3. The zero-order valence-electron chi connectivity index (χ0n) is 14.2. The maximum Gasteiger partial charge on any atom is 0.293 e. The van der Waals surface area contributed by atoms with Gasteiger partial charge in [-0.25, -0.2) is 0 Å². The van der Waals surface area contributed by atoms with Crippen LogP contribution in [-0.4, -0.2) is 27.7 Å². The predicted octanol–water partition coefficient (Wildman–Crippen LogP) is 3.64. The quantitative estimate of drug-likeness (QED) is 0.859. The third-order valence-electron chi connectivity index (χ3n) is 5.12. The van der Waals surface area contributed by atoms with E-state index in [0.29, 0.717) is 5.76 Å². The minimum Gasteiger partial charge on any atom is -0.361 e. The first-order valence-corrected chi connectivity index (χ1v) is 8.90. The molecule has 0 radical (unpaired) electrons. The van der Waals surface area contributed by atoms with Crippen molar-refractivity contribution >= 4 is 5.91 Å². The Bertz CT molecular complexity index is 747. The molecule has 1 atom stereocenters. The minimum atomic E-state index is -0.0535. The van der Waals surface area contributed by atoms with Gasteiger partial charge in [0.15, 0.2) is 0 Å². The molecule has 1 saturated heterocycles. The summed E-state index contributed by atoms with van der Waals surface area (Å²) in [6.45, 7) is 4.87. The number of amides is 1. The molecule has 0 bridgehead atoms. The van der Waals surface area contributed by atoms with Gasteiger partial charge in [0, 0.05) is 24.1 Å². The number of likely N-dealkylation sites (tertiary alicyclic amines) is 1. The average molecular weight is 329 g/mol. The standard InChI is InChI=1S/C18H23N3O3/c1-11(2)16-10-14(20-23-16)15-8-5-9-21(15)18(22)17-12-6-3-4-7-13(12)19-24-17/h10-11,15H,3-9H2,1-2H3. The fraction of sp³-hybridized carbons (Fsp3) is 0.611. The van der Waals surface area contributed by atoms with Gasteiger partial charge in [-0.1, -0.05) is 24.2 Å². The lowest BCUT2D eigenvalue weighted by molar-refractivity contribution is 0.0687. The molecule has 2 aromatic heterocycles. The van der Waals surface area contributed by atoms with Crippen LogP contribution in [-0.2, 0) is 12.8 Å². The van der Waals surface area contributed by atoms with Crippen molar-refractivity contribution < 1.29 is 13.8 Å². The second-order valence-corrected chi connectivity index (χ2v) is 7.11. The molecule has 0 spiro atoms. The van der Waals surface area contributed by atoms with E-state index in [0.717, 1.165) is 67.8 Å². The molecule has 24 heavy (non-hydrogen) atoms. The van der Waals surface area contributed by atoms with Crippen LogP contribution in [0.5, 0.6) is 0 Å². The number of hydrogen-bond donors (Lipinski definition) is 0. The molecule has 0 aromatic carbocycles. The lowest BCUT2D eigenvalue weighted by Gasteiger charge is -2.22. The zero-order valence-corrected chi connectivity index (χ0v) is 14.2. The Labute approximate surface area is 141 Å². The summed E-state index contributed by atoms with van der Waals surface area (Å²) in [5.41, 5.74) is 2.82. The van der Waals surface area contributed by atoms with Gasteiger partial charge in [-0.3, -0.25) is 4.79 Å². The number of aromatic nitrogens is 2. The van der Waals surface area contributed by atoms with E-state index < -0.39 is 0 Å². The fourth-order valence-electron chi connectivity index (χ4n) is 3.74. The van der Waals surface area contributed by atoms with Gasteiger partial charge >= 0.3 is 0 Å². The van der Waals surface area contributed by atoms with E-state index in [9.17, 15) is 4.79 Å². The third-order valence-corrected chi connectivity index (χ3v) is 5.12. The first-order chi connectivity index (χ1) is 11.6. The lowest BCUT2D eigenvalue weighted by atomic mass is 9.95. The van der Waals surface area contributed by atoms with E-state index in [1.165, 1.54) is 0 Å². The highest BCUT2D eigenvalue weighted by Gasteiger charge is 2.36. The van der Waals surface area contributed by atoms with Crippen molar-refractivity contribution in [1.82, 2.24) is 15.2 Å². The highest BCUT2D eigenvalue weighted by Crippen LogP contribution is 2.35. The number of aryl methyl sites for hydroxylation is 1. The number of nitrogens with zero attached hydrogens (tertiary/aromatic N) is 3. The van der Waals surface area contributed by atoms with Crippen molar-refractivity contribution in [3.63, 3.8) is 0 Å². The summed E-state index contributed by atoms with van der Waals surface area (Å²) < 4.78 is 10.9. The molecule has 2 aliphatic rings. The lowest BCUT2D eigenvalue weighted by Crippen LogP contribution is -2.31. The van der Waals surface area contributed by atoms with Crippen molar-refractivity contribution in [2.45, 2.75) is 64.3 Å². The SMILES string of the molecule is CC(C)c1cc(C2CCCN2C(=O)c2onc3c2CCCC3)no1. The Morgan fingerprint density at radius 2 is 2.04 bits per heavy atom. The molecule has 1 unspecified atom stereocenters. The molecular weight excluding hydrogens is 306 g/mol. The first kappa shape index (κ1) is 15.4. The topological polar surface area (TPSA) is 72.4 Å². The van der Waals surface area contributed by atoms with Gasteiger partial charge in [0.25, 0.3) is 5.91 Å². The Morgan fingerprint density at radius 3 is 2.83 bits per heavy atom. The summed E-state index contributed by atoms with van der Waals surface area (Å²) in [6, 6.07) is 1.95. The van der Waals surface area contributed by atoms with Crippen molar-refractivity contribution in [2.75, 3.05) is 6.54 Å². The van der Waals surface area contributed by atoms with Crippen LogP contribution in [0, 0.1) is 0 Å². The Kier molecular flexibility index (Phi) is 3.90. The second kappa shape index (κ2) is 6.07. The van der Waals surface area contributed by atoms with E-state index in [4.69, 9.17) is 9.05 Å². The number of fused-ring (bicyclic) bond motifs is 1. The molecule has 1 aliphatic heterocycles. The molecule has 3 heterocycles. The van der Waals surface area contributed by atoms with Crippen LogP contribution >= 0.6 is 0 Å². The van der Waals surface area contributed by atoms with E-state index in [1.54, 1.807) is 0 Å². The fourth-order valence-corrected chi connectivity index (χ4v) is 3.74. The van der Waals surface area contributed by atoms with Crippen LogP contribution in [0.1, 0.15) is 84.8 Å². The Morgan fingerprint density at radius 1 is 1.21 bits per heavy atom. The number of rotatable bonds is 3. The minimum absolute atomic E-state index is 0.0295. The van der Waals surface area contributed by atoms with Gasteiger partial charge in [0.1, 0.15) is 11.5 Å². The summed E-state index contributed by atoms with van der Waals surface area (Å²) in [7, 11) is 0. The van der Waals surface area contributed by atoms with Crippen LogP contribution in [0.4, 0.5) is 0 Å². The molecule has 2 aromatic rings. The van der Waals surface area contributed by atoms with Crippen molar-refractivity contribution in [3.05, 3.63) is 34.5 Å². The number of hydrogen-bond acceptors (Lipinski definition) is 5. The largest absolute Gasteiger partial charge is 0.361 e. The number of carbonyl (C=O) groups is 1. The molecule has 0 N–H and O–H groups in total. The predicted molar refractivity (Wildman–Crippen MR) is 86.7 cm³/mol. The van der Waals surface area contributed by atoms with E-state index in [2.05, 4.69) is 24.2 Å². The summed E-state index contributed by atoms with van der Waals surface area (Å²) in [5, 5.41) is 8.32. The second-order valence-electron chi connectivity index (χ2n) is 7.11.